The molecule has 1 aliphatic heterocycles. The highest BCUT2D eigenvalue weighted by Crippen LogP contribution is 2.31. The number of benzene rings is 2. The van der Waals surface area contributed by atoms with Crippen molar-refractivity contribution in [2.75, 3.05) is 50.9 Å². The number of rotatable bonds is 9. The fourth-order valence-electron chi connectivity index (χ4n) is 3.24. The van der Waals surface area contributed by atoms with Gasteiger partial charge < -0.3 is 26.2 Å². The summed E-state index contributed by atoms with van der Waals surface area (Å²) in [6.07, 6.45) is -0.413. The highest BCUT2D eigenvalue weighted by molar-refractivity contribution is 6.08. The number of hydrogen-bond acceptors (Lipinski definition) is 5. The van der Waals surface area contributed by atoms with Crippen molar-refractivity contribution in [2.24, 2.45) is 0 Å². The van der Waals surface area contributed by atoms with Gasteiger partial charge in [-0.1, -0.05) is 24.3 Å². The Hall–Kier alpha value is -3.46. The van der Waals surface area contributed by atoms with Gasteiger partial charge in [-0.25, -0.2) is 0 Å². The summed E-state index contributed by atoms with van der Waals surface area (Å²) in [6, 6.07) is 11.5. The maximum absolute atomic E-state index is 13.0. The Labute approximate surface area is 191 Å². The largest absolute Gasteiger partial charge is 0.416 e. The van der Waals surface area contributed by atoms with E-state index in [-0.39, 0.29) is 5.69 Å². The van der Waals surface area contributed by atoms with Crippen LogP contribution in [0.4, 0.5) is 24.5 Å². The van der Waals surface area contributed by atoms with E-state index in [4.69, 9.17) is 0 Å². The van der Waals surface area contributed by atoms with E-state index in [1.165, 1.54) is 12.1 Å². The van der Waals surface area contributed by atoms with Gasteiger partial charge in [0.05, 0.1) is 16.9 Å². The average Bonchev–Trinajstić information content (AvgIpc) is 2.77. The van der Waals surface area contributed by atoms with E-state index in [1.54, 1.807) is 24.3 Å². The number of alkyl halides is 3. The van der Waals surface area contributed by atoms with Gasteiger partial charge in [0.1, 0.15) is 0 Å². The van der Waals surface area contributed by atoms with Crippen molar-refractivity contribution in [2.45, 2.75) is 6.18 Å². The van der Waals surface area contributed by atoms with Gasteiger partial charge in [0.15, 0.2) is 0 Å². The Morgan fingerprint density at radius 1 is 1.09 bits per heavy atom. The fraction of sp³-hybridized carbons (Fsp3) is 0.292. The van der Waals surface area contributed by atoms with E-state index >= 15 is 0 Å². The molecule has 1 amide bonds. The summed E-state index contributed by atoms with van der Waals surface area (Å²) in [4.78, 5) is 14.9. The van der Waals surface area contributed by atoms with Gasteiger partial charge in [-0.15, -0.1) is 0 Å². The molecule has 1 heterocycles. The van der Waals surface area contributed by atoms with E-state index in [0.717, 1.165) is 36.6 Å². The van der Waals surface area contributed by atoms with Gasteiger partial charge in [0, 0.05) is 37.6 Å². The lowest BCUT2D eigenvalue weighted by Crippen LogP contribution is -2.34. The van der Waals surface area contributed by atoms with Gasteiger partial charge in [-0.2, -0.15) is 13.2 Å². The van der Waals surface area contributed by atoms with Gasteiger partial charge in [0.25, 0.3) is 5.91 Å². The Morgan fingerprint density at radius 2 is 1.88 bits per heavy atom. The smallest absolute Gasteiger partial charge is 0.380 e. The molecule has 0 aliphatic carbocycles. The van der Waals surface area contributed by atoms with E-state index in [9.17, 15) is 18.0 Å². The van der Waals surface area contributed by atoms with E-state index in [0.29, 0.717) is 24.3 Å². The first-order valence-electron chi connectivity index (χ1n) is 10.6. The Morgan fingerprint density at radius 3 is 2.64 bits per heavy atom. The van der Waals surface area contributed by atoms with Gasteiger partial charge in [0.2, 0.25) is 0 Å². The first-order valence-corrected chi connectivity index (χ1v) is 10.6. The number of likely N-dealkylation sites (N-methyl/N-ethyl adjacent to an activating group) is 1. The van der Waals surface area contributed by atoms with Crippen LogP contribution in [0.25, 0.3) is 0 Å². The molecule has 2 aromatic rings. The van der Waals surface area contributed by atoms with Crippen LogP contribution in [0.1, 0.15) is 15.9 Å². The highest BCUT2D eigenvalue weighted by atomic mass is 19.4. The fourth-order valence-corrected chi connectivity index (χ4v) is 3.24. The Kier molecular flexibility index (Phi) is 8.00. The van der Waals surface area contributed by atoms with Gasteiger partial charge in [-0.3, -0.25) is 4.79 Å². The van der Waals surface area contributed by atoms with Crippen molar-refractivity contribution in [3.8, 4) is 0 Å². The molecular weight excluding hydrogens is 431 g/mol. The molecule has 0 atom stereocenters. The number of para-hydroxylation sites is 1. The Balaban J connectivity index is 1.64. The van der Waals surface area contributed by atoms with Crippen LogP contribution >= 0.6 is 0 Å². The monoisotopic (exact) mass is 459 g/mol. The first-order chi connectivity index (χ1) is 15.7. The number of carbonyl (C=O) groups excluding carboxylic acids is 1. The van der Waals surface area contributed by atoms with Crippen molar-refractivity contribution in [1.29, 1.82) is 0 Å². The number of anilines is 2. The van der Waals surface area contributed by atoms with Gasteiger partial charge >= 0.3 is 6.18 Å². The summed E-state index contributed by atoms with van der Waals surface area (Å²) < 4.78 is 38.9. The topological polar surface area (TPSA) is 68.4 Å². The van der Waals surface area contributed by atoms with Crippen LogP contribution in [0, 0.1) is 0 Å². The molecule has 1 aliphatic rings. The third kappa shape index (κ3) is 7.28. The van der Waals surface area contributed by atoms with E-state index in [2.05, 4.69) is 32.2 Å². The van der Waals surface area contributed by atoms with Crippen molar-refractivity contribution in [3.05, 3.63) is 83.2 Å². The molecule has 0 bridgehead atoms. The lowest BCUT2D eigenvalue weighted by Gasteiger charge is -2.20. The van der Waals surface area contributed by atoms with Crippen LogP contribution in [-0.2, 0) is 6.18 Å². The molecule has 0 spiro atoms. The number of nitrogens with one attached hydrogen (secondary N) is 4. The number of nitrogens with zero attached hydrogens (tertiary/aromatic N) is 1. The van der Waals surface area contributed by atoms with E-state index < -0.39 is 17.6 Å². The molecule has 0 aromatic heterocycles. The molecule has 0 fully saturated rings. The minimum absolute atomic E-state index is 0.0852. The lowest BCUT2D eigenvalue weighted by molar-refractivity contribution is -0.137. The molecule has 33 heavy (non-hydrogen) atoms. The molecule has 2 aromatic carbocycles. The third-order valence-corrected chi connectivity index (χ3v) is 4.96. The summed E-state index contributed by atoms with van der Waals surface area (Å²) in [7, 11) is 4.03. The maximum atomic E-state index is 13.0. The predicted molar refractivity (Wildman–Crippen MR) is 125 cm³/mol. The number of halogens is 3. The molecule has 3 rings (SSSR count). The molecule has 9 heteroatoms. The van der Waals surface area contributed by atoms with E-state index in [1.807, 2.05) is 20.2 Å². The molecule has 0 saturated carbocycles. The van der Waals surface area contributed by atoms with Crippen molar-refractivity contribution in [1.82, 2.24) is 15.5 Å². The lowest BCUT2D eigenvalue weighted by atomic mass is 10.1. The second-order valence-electron chi connectivity index (χ2n) is 7.88. The molecular formula is C24H28F3N5O. The average molecular weight is 460 g/mol. The second kappa shape index (κ2) is 10.9. The number of dihydropyridines is 1. The molecule has 6 nitrogen and oxygen atoms in total. The third-order valence-electron chi connectivity index (χ3n) is 4.96. The maximum Gasteiger partial charge on any atom is 0.416 e. The van der Waals surface area contributed by atoms with Crippen LogP contribution < -0.4 is 21.3 Å². The SMILES string of the molecule is CN(C)CCNC1=CC(CNc2ccccc2C(=O)Nc2cccc(C(F)(F)F)c2)=CCN1. The van der Waals surface area contributed by atoms with Crippen LogP contribution in [-0.4, -0.2) is 51.1 Å². The number of amides is 1. The zero-order valence-corrected chi connectivity index (χ0v) is 18.6. The normalized spacial score (nSPS) is 13.6. The molecule has 176 valence electrons. The van der Waals surface area contributed by atoms with Crippen molar-refractivity contribution < 1.29 is 18.0 Å². The van der Waals surface area contributed by atoms with Crippen LogP contribution in [0.15, 0.2) is 72.1 Å². The standard InChI is InChI=1S/C24H28F3N5O/c1-32(2)13-12-29-22-14-17(10-11-28-22)16-30-21-9-4-3-8-20(21)23(33)31-19-7-5-6-18(15-19)24(25,26)27/h3-10,14-15,28-30H,11-13,16H2,1-2H3,(H,31,33). The summed E-state index contributed by atoms with van der Waals surface area (Å²) in [6.45, 7) is 2.90. The Bertz CT molecular complexity index is 1030. The quantitative estimate of drug-likeness (QED) is 0.458. The molecule has 0 unspecified atom stereocenters. The molecule has 0 radical (unpaired) electrons. The summed E-state index contributed by atoms with van der Waals surface area (Å²) >= 11 is 0. The van der Waals surface area contributed by atoms with Crippen LogP contribution in [0.2, 0.25) is 0 Å². The van der Waals surface area contributed by atoms with Crippen molar-refractivity contribution >= 4 is 17.3 Å². The van der Waals surface area contributed by atoms with Crippen molar-refractivity contribution in [3.63, 3.8) is 0 Å². The number of hydrogen-bond donors (Lipinski definition) is 4. The second-order valence-corrected chi connectivity index (χ2v) is 7.88. The molecule has 0 saturated heterocycles. The van der Waals surface area contributed by atoms with Crippen LogP contribution in [0.3, 0.4) is 0 Å². The summed E-state index contributed by atoms with van der Waals surface area (Å²) in [5, 5.41) is 12.4. The van der Waals surface area contributed by atoms with Crippen LogP contribution in [0.5, 0.6) is 0 Å². The minimum Gasteiger partial charge on any atom is -0.380 e. The summed E-state index contributed by atoms with van der Waals surface area (Å²) in [5.41, 5.74) is 1.26. The molecule has 4 N–H and O–H groups in total. The summed E-state index contributed by atoms with van der Waals surface area (Å²) in [5.74, 6) is 0.449. The zero-order valence-electron chi connectivity index (χ0n) is 18.6. The predicted octanol–water partition coefficient (Wildman–Crippen LogP) is 3.89. The highest BCUT2D eigenvalue weighted by Gasteiger charge is 2.30. The first kappa shape index (κ1) is 24.2. The minimum atomic E-state index is -4.48. The van der Waals surface area contributed by atoms with Gasteiger partial charge in [-0.05, 0) is 56.1 Å². The number of carbonyl (C=O) groups is 1. The zero-order chi connectivity index (χ0) is 23.8.